The second-order valence-corrected chi connectivity index (χ2v) is 7.25. The van der Waals surface area contributed by atoms with Gasteiger partial charge in [0.25, 0.3) is 15.9 Å². The van der Waals surface area contributed by atoms with Crippen LogP contribution in [0.25, 0.3) is 0 Å². The molecule has 1 atom stereocenters. The van der Waals surface area contributed by atoms with Crippen LogP contribution in [0.4, 0.5) is 10.8 Å². The first-order valence-electron chi connectivity index (χ1n) is 6.50. The first-order chi connectivity index (χ1) is 10.5. The van der Waals surface area contributed by atoms with E-state index in [-0.39, 0.29) is 28.7 Å². The number of rotatable bonds is 4. The summed E-state index contributed by atoms with van der Waals surface area (Å²) in [6.45, 7) is 0.282. The van der Waals surface area contributed by atoms with Crippen molar-refractivity contribution < 1.29 is 18.3 Å². The van der Waals surface area contributed by atoms with Crippen LogP contribution in [0.1, 0.15) is 6.42 Å². The highest BCUT2D eigenvalue weighted by Crippen LogP contribution is 2.30. The van der Waals surface area contributed by atoms with Crippen molar-refractivity contribution in [3.8, 4) is 0 Å². The SMILES string of the molecule is O=C1C(O)CCN1c1ccccc1S(=O)(=O)Nc1nccs1. The number of sulfonamides is 1. The van der Waals surface area contributed by atoms with Crippen molar-refractivity contribution in [3.05, 3.63) is 35.8 Å². The van der Waals surface area contributed by atoms with Crippen LogP contribution in [-0.4, -0.2) is 37.1 Å². The summed E-state index contributed by atoms with van der Waals surface area (Å²) in [5.41, 5.74) is 0.258. The van der Waals surface area contributed by atoms with Crippen LogP contribution in [0.3, 0.4) is 0 Å². The number of nitrogens with zero attached hydrogens (tertiary/aromatic N) is 2. The van der Waals surface area contributed by atoms with Crippen LogP contribution in [0.2, 0.25) is 0 Å². The number of hydrogen-bond donors (Lipinski definition) is 2. The van der Waals surface area contributed by atoms with E-state index in [0.29, 0.717) is 0 Å². The van der Waals surface area contributed by atoms with Gasteiger partial charge in [-0.1, -0.05) is 12.1 Å². The minimum absolute atomic E-state index is 0.0207. The molecule has 3 rings (SSSR count). The van der Waals surface area contributed by atoms with Crippen LogP contribution >= 0.6 is 11.3 Å². The van der Waals surface area contributed by atoms with Gasteiger partial charge in [0.2, 0.25) is 0 Å². The van der Waals surface area contributed by atoms with Gasteiger partial charge in [0.1, 0.15) is 11.0 Å². The van der Waals surface area contributed by atoms with Crippen molar-refractivity contribution in [1.82, 2.24) is 4.98 Å². The average Bonchev–Trinajstić information content (AvgIpc) is 3.10. The highest BCUT2D eigenvalue weighted by Gasteiger charge is 2.34. The second-order valence-electron chi connectivity index (χ2n) is 4.70. The molecule has 2 N–H and O–H groups in total. The lowest BCUT2D eigenvalue weighted by molar-refractivity contribution is -0.124. The van der Waals surface area contributed by atoms with Gasteiger partial charge in [-0.25, -0.2) is 13.4 Å². The number of carbonyl (C=O) groups is 1. The fourth-order valence-corrected chi connectivity index (χ4v) is 4.25. The van der Waals surface area contributed by atoms with Crippen LogP contribution in [0.15, 0.2) is 40.7 Å². The van der Waals surface area contributed by atoms with Crippen molar-refractivity contribution in [2.75, 3.05) is 16.2 Å². The zero-order valence-corrected chi connectivity index (χ0v) is 13.0. The number of aliphatic hydroxyl groups excluding tert-OH is 1. The Balaban J connectivity index is 1.99. The van der Waals surface area contributed by atoms with E-state index in [9.17, 15) is 18.3 Å². The average molecular weight is 339 g/mol. The number of aliphatic hydroxyl groups is 1. The van der Waals surface area contributed by atoms with E-state index in [4.69, 9.17) is 0 Å². The Morgan fingerprint density at radius 2 is 2.14 bits per heavy atom. The predicted molar refractivity (Wildman–Crippen MR) is 82.3 cm³/mol. The maximum atomic E-state index is 12.5. The molecule has 2 aromatic rings. The third-order valence-electron chi connectivity index (χ3n) is 3.28. The number of nitrogens with one attached hydrogen (secondary N) is 1. The Kier molecular flexibility index (Phi) is 3.85. The quantitative estimate of drug-likeness (QED) is 0.867. The summed E-state index contributed by atoms with van der Waals surface area (Å²) in [4.78, 5) is 17.1. The van der Waals surface area contributed by atoms with Gasteiger partial charge in [-0.2, -0.15) is 0 Å². The summed E-state index contributed by atoms with van der Waals surface area (Å²) < 4.78 is 27.4. The lowest BCUT2D eigenvalue weighted by Gasteiger charge is -2.19. The lowest BCUT2D eigenvalue weighted by atomic mass is 10.3. The smallest absolute Gasteiger partial charge is 0.265 e. The summed E-state index contributed by atoms with van der Waals surface area (Å²) in [6.07, 6.45) is 0.699. The van der Waals surface area contributed by atoms with Gasteiger partial charge in [0.05, 0.1) is 5.69 Å². The number of carbonyl (C=O) groups excluding carboxylic acids is 1. The van der Waals surface area contributed by atoms with Gasteiger partial charge in [-0.3, -0.25) is 9.52 Å². The molecule has 1 aliphatic rings. The summed E-state index contributed by atoms with van der Waals surface area (Å²) in [5.74, 6) is -0.489. The van der Waals surface area contributed by atoms with E-state index in [1.807, 2.05) is 0 Å². The Morgan fingerprint density at radius 3 is 2.77 bits per heavy atom. The molecule has 1 aromatic carbocycles. The lowest BCUT2D eigenvalue weighted by Crippen LogP contribution is -2.30. The van der Waals surface area contributed by atoms with Gasteiger partial charge < -0.3 is 10.0 Å². The number of amides is 1. The van der Waals surface area contributed by atoms with E-state index >= 15 is 0 Å². The minimum atomic E-state index is -3.87. The van der Waals surface area contributed by atoms with E-state index in [0.717, 1.165) is 11.3 Å². The molecule has 0 saturated carbocycles. The number of hydrogen-bond acceptors (Lipinski definition) is 6. The molecule has 0 aliphatic carbocycles. The molecule has 0 spiro atoms. The molecule has 7 nitrogen and oxygen atoms in total. The summed E-state index contributed by atoms with van der Waals surface area (Å²) in [6, 6.07) is 6.20. The van der Waals surface area contributed by atoms with Crippen LogP contribution in [0, 0.1) is 0 Å². The standard InChI is InChI=1S/C13H13N3O4S2/c17-10-5-7-16(12(10)18)9-3-1-2-4-11(9)22(19,20)15-13-14-6-8-21-13/h1-4,6,8,10,17H,5,7H2,(H,14,15). The van der Waals surface area contributed by atoms with E-state index in [2.05, 4.69) is 9.71 Å². The van der Waals surface area contributed by atoms with Gasteiger partial charge >= 0.3 is 0 Å². The fourth-order valence-electron chi connectivity index (χ4n) is 2.26. The Bertz CT molecular complexity index is 789. The number of para-hydroxylation sites is 1. The molecule has 0 bridgehead atoms. The third-order valence-corrected chi connectivity index (χ3v) is 5.48. The second kappa shape index (κ2) is 5.67. The van der Waals surface area contributed by atoms with Gasteiger partial charge in [0.15, 0.2) is 5.13 Å². The van der Waals surface area contributed by atoms with Crippen molar-refractivity contribution in [3.63, 3.8) is 0 Å². The number of thiazole rings is 1. The van der Waals surface area contributed by atoms with Crippen LogP contribution in [0.5, 0.6) is 0 Å². The molecular formula is C13H13N3O4S2. The fraction of sp³-hybridized carbons (Fsp3) is 0.231. The Hall–Kier alpha value is -1.97. The third kappa shape index (κ3) is 2.70. The summed E-state index contributed by atoms with van der Waals surface area (Å²) in [7, 11) is -3.87. The maximum absolute atomic E-state index is 12.5. The maximum Gasteiger partial charge on any atom is 0.265 e. The summed E-state index contributed by atoms with van der Waals surface area (Å²) in [5, 5.41) is 11.5. The van der Waals surface area contributed by atoms with Crippen molar-refractivity contribution in [2.45, 2.75) is 17.4 Å². The van der Waals surface area contributed by atoms with Crippen LogP contribution < -0.4 is 9.62 Å². The zero-order valence-electron chi connectivity index (χ0n) is 11.3. The molecule has 9 heteroatoms. The number of benzene rings is 1. The van der Waals surface area contributed by atoms with Crippen molar-refractivity contribution >= 4 is 38.1 Å². The summed E-state index contributed by atoms with van der Waals surface area (Å²) >= 11 is 1.16. The molecule has 116 valence electrons. The molecule has 1 aromatic heterocycles. The molecule has 22 heavy (non-hydrogen) atoms. The molecule has 1 aliphatic heterocycles. The number of aromatic nitrogens is 1. The van der Waals surface area contributed by atoms with Gasteiger partial charge in [-0.15, -0.1) is 11.3 Å². The van der Waals surface area contributed by atoms with E-state index in [1.54, 1.807) is 23.6 Å². The monoisotopic (exact) mass is 339 g/mol. The van der Waals surface area contributed by atoms with Gasteiger partial charge in [-0.05, 0) is 12.1 Å². The molecule has 1 fully saturated rings. The largest absolute Gasteiger partial charge is 0.383 e. The molecule has 0 radical (unpaired) electrons. The van der Waals surface area contributed by atoms with Crippen molar-refractivity contribution in [1.29, 1.82) is 0 Å². The molecular weight excluding hydrogens is 326 g/mol. The van der Waals surface area contributed by atoms with E-state index in [1.165, 1.54) is 17.2 Å². The molecule has 1 unspecified atom stereocenters. The van der Waals surface area contributed by atoms with Gasteiger partial charge in [0, 0.05) is 24.5 Å². The Labute approximate surface area is 131 Å². The highest BCUT2D eigenvalue weighted by atomic mass is 32.2. The molecule has 1 saturated heterocycles. The molecule has 1 amide bonds. The first-order valence-corrected chi connectivity index (χ1v) is 8.86. The van der Waals surface area contributed by atoms with Crippen LogP contribution in [-0.2, 0) is 14.8 Å². The molecule has 2 heterocycles. The van der Waals surface area contributed by atoms with E-state index < -0.39 is 22.0 Å². The predicted octanol–water partition coefficient (Wildman–Crippen LogP) is 1.04. The Morgan fingerprint density at radius 1 is 1.36 bits per heavy atom. The zero-order chi connectivity index (χ0) is 15.7. The first kappa shape index (κ1) is 14.9. The minimum Gasteiger partial charge on any atom is -0.383 e. The number of anilines is 2. The van der Waals surface area contributed by atoms with Crippen molar-refractivity contribution in [2.24, 2.45) is 0 Å². The topological polar surface area (TPSA) is 99.6 Å². The highest BCUT2D eigenvalue weighted by molar-refractivity contribution is 7.93. The normalized spacial score (nSPS) is 18.7.